The molecule has 0 heterocycles. The lowest BCUT2D eigenvalue weighted by atomic mass is 10.0. The van der Waals surface area contributed by atoms with Crippen molar-refractivity contribution >= 4 is 65.1 Å². The number of aliphatic carboxylic acids is 2. The minimum atomic E-state index is -1.14. The van der Waals surface area contributed by atoms with Crippen LogP contribution in [0, 0.1) is 5.92 Å². The maximum atomic E-state index is 13.2. The third-order valence-electron chi connectivity index (χ3n) is 10.1. The minimum absolute atomic E-state index is 0.00179. The largest absolute Gasteiger partial charge is 0.480 e. The highest BCUT2D eigenvalue weighted by molar-refractivity contribution is 7.99. The summed E-state index contributed by atoms with van der Waals surface area (Å²) in [6.07, 6.45) is 20.2. The zero-order valence-electron chi connectivity index (χ0n) is 40.6. The monoisotopic (exact) mass is 962 g/mol. The van der Waals surface area contributed by atoms with Gasteiger partial charge in [0.25, 0.3) is 0 Å². The van der Waals surface area contributed by atoms with Gasteiger partial charge in [0.05, 0.1) is 5.92 Å². The molecule has 0 aliphatic carbocycles. The molecule has 16 nitrogen and oxygen atoms in total. The molecule has 66 heavy (non-hydrogen) atoms. The molecule has 0 fully saturated rings. The van der Waals surface area contributed by atoms with Crippen molar-refractivity contribution in [2.75, 3.05) is 42.6 Å². The molecule has 0 spiro atoms. The molecule has 0 saturated heterocycles. The topological polar surface area (TPSA) is 258 Å². The first-order valence-corrected chi connectivity index (χ1v) is 24.9. The van der Waals surface area contributed by atoms with E-state index < -0.39 is 53.7 Å². The molecule has 0 aromatic carbocycles. The van der Waals surface area contributed by atoms with Crippen LogP contribution in [-0.4, -0.2) is 107 Å². The average molecular weight is 962 g/mol. The van der Waals surface area contributed by atoms with Gasteiger partial charge in [0, 0.05) is 62.4 Å². The third kappa shape index (κ3) is 34.5. The summed E-state index contributed by atoms with van der Waals surface area (Å²) in [6.45, 7) is 16.3. The predicted octanol–water partition coefficient (Wildman–Crippen LogP) is 6.62. The number of nitrogens with two attached hydrogens (primary N) is 1. The van der Waals surface area contributed by atoms with Gasteiger partial charge in [-0.05, 0) is 106 Å². The minimum Gasteiger partial charge on any atom is -0.480 e. The van der Waals surface area contributed by atoms with Crippen LogP contribution in [0.5, 0.6) is 0 Å². The summed E-state index contributed by atoms with van der Waals surface area (Å²) >= 11 is 2.82. The molecule has 0 aliphatic heterocycles. The van der Waals surface area contributed by atoms with Crippen LogP contribution in [0.2, 0.25) is 0 Å². The number of nitrogens with one attached hydrogen (secondary N) is 6. The molecular weight excluding hydrogens is 883 g/mol. The standard InChI is InChI=1S/C48H79N7O9S2/c1-33(2)13-9-14-34(3)15-10-18-37(6)25-28-66-32-42(47(62)63)54-45(59)40(30-51-39(8)56)23-26-50-48(64)52-29-38(7)20-12-17-35(4)16-11-19-36(5)24-27-65-31-41(46(60)61)53-43(57)21-22-44(58)55-49/h13,15-16,20,24-25,40-42H,9-12,14,17-19,21-23,26-32,49H2,1-8H3,(H,51,56)(H,53,57)(H,54,59)(H,55,58)(H,60,61)(H,62,63)(H2,50,52,64). The van der Waals surface area contributed by atoms with E-state index in [0.29, 0.717) is 18.1 Å². The van der Waals surface area contributed by atoms with Gasteiger partial charge < -0.3 is 36.8 Å². The molecule has 3 atom stereocenters. The number of hydrogen-bond acceptors (Lipinski definition) is 10. The quantitative estimate of drug-likeness (QED) is 0.0107. The Labute approximate surface area is 401 Å². The SMILES string of the molecule is CC(=O)NCC(CCNC(=O)NCC(C)=CCCC(C)=CCCC(C)=CCSCC(NC(=O)CCC(=O)NN)C(=O)O)C(=O)NC(CSCC=C(C)CCC=C(C)CCC=C(C)C)C(=O)O. The van der Waals surface area contributed by atoms with Crippen molar-refractivity contribution in [3.8, 4) is 0 Å². The van der Waals surface area contributed by atoms with E-state index in [4.69, 9.17) is 5.84 Å². The molecule has 0 aromatic heterocycles. The van der Waals surface area contributed by atoms with E-state index in [9.17, 15) is 43.8 Å². The number of rotatable bonds is 35. The van der Waals surface area contributed by atoms with Gasteiger partial charge in [-0.1, -0.05) is 69.9 Å². The van der Waals surface area contributed by atoms with Crippen molar-refractivity contribution in [2.24, 2.45) is 11.8 Å². The summed E-state index contributed by atoms with van der Waals surface area (Å²) in [5.74, 6) is 1.67. The molecule has 18 heteroatoms. The molecule has 0 aromatic rings. The van der Waals surface area contributed by atoms with Crippen LogP contribution in [0.25, 0.3) is 0 Å². The van der Waals surface area contributed by atoms with Gasteiger partial charge in [-0.25, -0.2) is 20.2 Å². The number of hydrazine groups is 1. The van der Waals surface area contributed by atoms with E-state index in [1.807, 2.05) is 25.3 Å². The Morgan fingerprint density at radius 2 is 1.00 bits per heavy atom. The molecular formula is C48H79N7O9S2. The summed E-state index contributed by atoms with van der Waals surface area (Å²) in [5.41, 5.74) is 9.24. The van der Waals surface area contributed by atoms with E-state index >= 15 is 0 Å². The lowest BCUT2D eigenvalue weighted by Gasteiger charge is -2.21. The van der Waals surface area contributed by atoms with Crippen molar-refractivity contribution in [3.05, 3.63) is 69.9 Å². The predicted molar refractivity (Wildman–Crippen MR) is 269 cm³/mol. The number of allylic oxidation sites excluding steroid dienone is 9. The molecule has 10 N–H and O–H groups in total. The van der Waals surface area contributed by atoms with E-state index in [1.54, 1.807) is 0 Å². The highest BCUT2D eigenvalue weighted by Crippen LogP contribution is 2.15. The number of hydrogen-bond donors (Lipinski definition) is 9. The van der Waals surface area contributed by atoms with Gasteiger partial charge in [-0.2, -0.15) is 23.5 Å². The van der Waals surface area contributed by atoms with Gasteiger partial charge in [0.15, 0.2) is 0 Å². The molecule has 6 amide bonds. The fraction of sp³-hybridized carbons (Fsp3) is 0.604. The number of carboxylic acid groups (broad SMARTS) is 2. The van der Waals surface area contributed by atoms with Crippen molar-refractivity contribution in [1.29, 1.82) is 0 Å². The molecule has 0 rings (SSSR count). The molecule has 0 radical (unpaired) electrons. The number of amides is 6. The Bertz CT molecular complexity index is 1750. The fourth-order valence-corrected chi connectivity index (χ4v) is 7.92. The number of urea groups is 1. The molecule has 372 valence electrons. The zero-order chi connectivity index (χ0) is 49.9. The second-order valence-corrected chi connectivity index (χ2v) is 18.9. The van der Waals surface area contributed by atoms with Crippen LogP contribution in [0.15, 0.2) is 69.9 Å². The zero-order valence-corrected chi connectivity index (χ0v) is 42.2. The smallest absolute Gasteiger partial charge is 0.327 e. The lowest BCUT2D eigenvalue weighted by molar-refractivity contribution is -0.142. The molecule has 0 saturated carbocycles. The maximum absolute atomic E-state index is 13.2. The second kappa shape index (κ2) is 37.3. The average Bonchev–Trinajstić information content (AvgIpc) is 3.24. The fourth-order valence-electron chi connectivity index (χ4n) is 5.92. The van der Waals surface area contributed by atoms with Crippen LogP contribution in [-0.2, 0) is 28.8 Å². The van der Waals surface area contributed by atoms with Gasteiger partial charge >= 0.3 is 18.0 Å². The highest BCUT2D eigenvalue weighted by atomic mass is 32.2. The third-order valence-corrected chi connectivity index (χ3v) is 12.1. The van der Waals surface area contributed by atoms with Crippen LogP contribution in [0.4, 0.5) is 4.79 Å². The van der Waals surface area contributed by atoms with E-state index in [1.165, 1.54) is 58.3 Å². The summed E-state index contributed by atoms with van der Waals surface area (Å²) in [5, 5.41) is 32.5. The highest BCUT2D eigenvalue weighted by Gasteiger charge is 2.26. The Morgan fingerprint density at radius 1 is 0.545 bits per heavy atom. The van der Waals surface area contributed by atoms with Crippen molar-refractivity contribution in [2.45, 2.75) is 138 Å². The van der Waals surface area contributed by atoms with Crippen LogP contribution in [0.1, 0.15) is 126 Å². The summed E-state index contributed by atoms with van der Waals surface area (Å²) in [6, 6.07) is -2.58. The number of carbonyl (C=O) groups excluding carboxylic acids is 5. The van der Waals surface area contributed by atoms with Gasteiger partial charge in [0.1, 0.15) is 12.1 Å². The number of carboxylic acids is 2. The summed E-state index contributed by atoms with van der Waals surface area (Å²) in [4.78, 5) is 84.2. The van der Waals surface area contributed by atoms with Crippen LogP contribution >= 0.6 is 23.5 Å². The first-order valence-electron chi connectivity index (χ1n) is 22.6. The van der Waals surface area contributed by atoms with Gasteiger partial charge in [-0.3, -0.25) is 24.6 Å². The Hall–Kier alpha value is -4.81. The van der Waals surface area contributed by atoms with E-state index in [2.05, 4.69) is 91.6 Å². The van der Waals surface area contributed by atoms with Gasteiger partial charge in [0.2, 0.25) is 23.6 Å². The van der Waals surface area contributed by atoms with Crippen molar-refractivity contribution < 1.29 is 43.8 Å². The first kappa shape index (κ1) is 61.2. The summed E-state index contributed by atoms with van der Waals surface area (Å²) < 4.78 is 0. The molecule has 0 aliphatic rings. The van der Waals surface area contributed by atoms with E-state index in [-0.39, 0.29) is 49.8 Å². The molecule has 0 bridgehead atoms. The molecule has 3 unspecified atom stereocenters. The van der Waals surface area contributed by atoms with Crippen molar-refractivity contribution in [3.63, 3.8) is 0 Å². The number of thioether (sulfide) groups is 2. The number of carbonyl (C=O) groups is 7. The van der Waals surface area contributed by atoms with Crippen LogP contribution < -0.4 is 37.9 Å². The maximum Gasteiger partial charge on any atom is 0.327 e. The summed E-state index contributed by atoms with van der Waals surface area (Å²) in [7, 11) is 0. The Balaban J connectivity index is 4.74. The Morgan fingerprint density at radius 3 is 1.47 bits per heavy atom. The normalized spacial score (nSPS) is 13.7. The Kier molecular flexibility index (Phi) is 34.6. The van der Waals surface area contributed by atoms with Gasteiger partial charge in [-0.15, -0.1) is 0 Å². The second-order valence-electron chi connectivity index (χ2n) is 16.7. The van der Waals surface area contributed by atoms with Crippen LogP contribution in [0.3, 0.4) is 0 Å². The van der Waals surface area contributed by atoms with E-state index in [0.717, 1.165) is 56.9 Å². The lowest BCUT2D eigenvalue weighted by Crippen LogP contribution is -2.48. The first-order chi connectivity index (χ1) is 31.2. The van der Waals surface area contributed by atoms with Crippen molar-refractivity contribution in [1.82, 2.24) is 32.0 Å².